The van der Waals surface area contributed by atoms with Crippen molar-refractivity contribution in [2.75, 3.05) is 0 Å². The van der Waals surface area contributed by atoms with E-state index in [0.717, 1.165) is 0 Å². The van der Waals surface area contributed by atoms with E-state index in [1.807, 2.05) is 0 Å². The first-order valence-electron chi connectivity index (χ1n) is 15.9. The molecule has 0 saturated carbocycles. The lowest BCUT2D eigenvalue weighted by Gasteiger charge is -2.19. The summed E-state index contributed by atoms with van der Waals surface area (Å²) in [5.41, 5.74) is 13.0. The maximum atomic E-state index is 2.56. The molecule has 6 aromatic carbocycles. The fourth-order valence-electron chi connectivity index (χ4n) is 7.71. The Labute approximate surface area is 259 Å². The summed E-state index contributed by atoms with van der Waals surface area (Å²) >= 11 is 0. The lowest BCUT2D eigenvalue weighted by molar-refractivity contribution is 0.642. The molecule has 0 fully saturated rings. The van der Waals surface area contributed by atoms with Gasteiger partial charge in [0, 0.05) is 49.9 Å². The van der Waals surface area contributed by atoms with Gasteiger partial charge in [0.1, 0.15) is 0 Å². The summed E-state index contributed by atoms with van der Waals surface area (Å²) in [6.07, 6.45) is 0. The Morgan fingerprint density at radius 2 is 1.11 bits per heavy atom. The molecule has 0 aliphatic rings. The van der Waals surface area contributed by atoms with Crippen molar-refractivity contribution in [3.8, 4) is 16.8 Å². The van der Waals surface area contributed by atoms with Crippen LogP contribution in [0.25, 0.3) is 71.2 Å². The molecule has 0 aliphatic heterocycles. The minimum atomic E-state index is 0.322. The van der Waals surface area contributed by atoms with Gasteiger partial charge in [-0.15, -0.1) is 0 Å². The van der Waals surface area contributed by atoms with Gasteiger partial charge in [-0.3, -0.25) is 0 Å². The van der Waals surface area contributed by atoms with E-state index in [1.165, 1.54) is 87.9 Å². The van der Waals surface area contributed by atoms with Gasteiger partial charge in [-0.1, -0.05) is 98.8 Å². The van der Waals surface area contributed by atoms with Crippen LogP contribution < -0.4 is 0 Å². The molecule has 216 valence electrons. The van der Waals surface area contributed by atoms with Crippen LogP contribution >= 0.6 is 0 Å². The van der Waals surface area contributed by atoms with Crippen molar-refractivity contribution < 1.29 is 0 Å². The van der Waals surface area contributed by atoms with Crippen molar-refractivity contribution in [2.24, 2.45) is 0 Å². The van der Waals surface area contributed by atoms with Gasteiger partial charge in [-0.25, -0.2) is 0 Å². The molecule has 8 rings (SSSR count). The summed E-state index contributed by atoms with van der Waals surface area (Å²) in [6.45, 7) is 13.7. The predicted octanol–water partition coefficient (Wildman–Crippen LogP) is 12.0. The Hall–Kier alpha value is -4.82. The van der Waals surface area contributed by atoms with Gasteiger partial charge in [0.05, 0.1) is 16.6 Å². The Morgan fingerprint density at radius 1 is 0.500 bits per heavy atom. The number of hydrogen-bond acceptors (Lipinski definition) is 0. The van der Waals surface area contributed by atoms with E-state index in [0.29, 0.717) is 12.0 Å². The molecule has 2 nitrogen and oxygen atoms in total. The minimum absolute atomic E-state index is 0.322. The quantitative estimate of drug-likeness (QED) is 0.199. The van der Waals surface area contributed by atoms with E-state index in [2.05, 4.69) is 160 Å². The summed E-state index contributed by atoms with van der Waals surface area (Å²) in [7, 11) is 0. The molecule has 0 amide bonds. The van der Waals surface area contributed by atoms with E-state index >= 15 is 0 Å². The van der Waals surface area contributed by atoms with Crippen molar-refractivity contribution >= 4 is 54.4 Å². The van der Waals surface area contributed by atoms with Gasteiger partial charge < -0.3 is 9.13 Å². The van der Waals surface area contributed by atoms with Gasteiger partial charge in [0.2, 0.25) is 0 Å². The SMILES string of the molecule is Cc1cc(-n2c3cc4ccccc4cc3c3cccc(-c4cccc5c6ccccc6n(C(C)C)c45)c32)c(C)cc1C(C)C. The van der Waals surface area contributed by atoms with Crippen molar-refractivity contribution in [3.63, 3.8) is 0 Å². The lowest BCUT2D eigenvalue weighted by Crippen LogP contribution is -2.03. The maximum absolute atomic E-state index is 2.56. The summed E-state index contributed by atoms with van der Waals surface area (Å²) in [5.74, 6) is 0.482. The monoisotopic (exact) mass is 570 g/mol. The van der Waals surface area contributed by atoms with Crippen LogP contribution in [0.2, 0.25) is 0 Å². The van der Waals surface area contributed by atoms with Crippen molar-refractivity contribution in [1.29, 1.82) is 0 Å². The molecular weight excluding hydrogens is 532 g/mol. The molecule has 0 spiro atoms. The number of nitrogens with zero attached hydrogens (tertiary/aromatic N) is 2. The minimum Gasteiger partial charge on any atom is -0.337 e. The number of para-hydroxylation sites is 3. The number of fused-ring (bicyclic) bond motifs is 7. The smallest absolute Gasteiger partial charge is 0.0620 e. The Morgan fingerprint density at radius 3 is 1.82 bits per heavy atom. The molecule has 44 heavy (non-hydrogen) atoms. The molecule has 8 aromatic rings. The highest BCUT2D eigenvalue weighted by Gasteiger charge is 2.22. The molecule has 0 atom stereocenters. The zero-order valence-electron chi connectivity index (χ0n) is 26.4. The van der Waals surface area contributed by atoms with Crippen LogP contribution in [-0.2, 0) is 0 Å². The third-order valence-corrected chi connectivity index (χ3v) is 9.64. The highest BCUT2D eigenvalue weighted by Crippen LogP contribution is 2.44. The molecule has 2 aromatic heterocycles. The molecule has 0 aliphatic carbocycles. The van der Waals surface area contributed by atoms with E-state index < -0.39 is 0 Å². The average molecular weight is 571 g/mol. The second kappa shape index (κ2) is 9.86. The normalized spacial score (nSPS) is 12.3. The highest BCUT2D eigenvalue weighted by molar-refractivity contribution is 6.20. The standard InChI is InChI=1S/C42H38N2/c1-25(2)36-21-28(6)39(22-27(36)5)44-40-24-30-14-8-7-13-29(30)23-37(40)35-19-12-18-34(42(35)44)33-17-11-16-32-31-15-9-10-20-38(31)43(26(3)4)41(32)33/h7-26H,1-6H3. The van der Waals surface area contributed by atoms with Gasteiger partial charge in [0.25, 0.3) is 0 Å². The Bertz CT molecular complexity index is 2410. The van der Waals surface area contributed by atoms with Crippen LogP contribution in [0.3, 0.4) is 0 Å². The van der Waals surface area contributed by atoms with Crippen molar-refractivity contribution in [2.45, 2.75) is 53.5 Å². The largest absolute Gasteiger partial charge is 0.337 e. The van der Waals surface area contributed by atoms with Crippen molar-refractivity contribution in [3.05, 3.63) is 126 Å². The van der Waals surface area contributed by atoms with Crippen LogP contribution in [0.1, 0.15) is 56.3 Å². The molecule has 2 heteroatoms. The Kier molecular flexibility index (Phi) is 6.00. The van der Waals surface area contributed by atoms with Gasteiger partial charge in [-0.05, 0) is 85.3 Å². The second-order valence-corrected chi connectivity index (χ2v) is 13.1. The van der Waals surface area contributed by atoms with Crippen LogP contribution in [0.5, 0.6) is 0 Å². The van der Waals surface area contributed by atoms with Gasteiger partial charge >= 0.3 is 0 Å². The molecular formula is C42H38N2. The summed E-state index contributed by atoms with van der Waals surface area (Å²) in [6, 6.07) is 41.3. The fraction of sp³-hybridized carbons (Fsp3) is 0.190. The molecule has 0 unspecified atom stereocenters. The summed E-state index contributed by atoms with van der Waals surface area (Å²) in [4.78, 5) is 0. The topological polar surface area (TPSA) is 9.86 Å². The third-order valence-electron chi connectivity index (χ3n) is 9.64. The molecule has 0 saturated heterocycles. The van der Waals surface area contributed by atoms with Gasteiger partial charge in [0.15, 0.2) is 0 Å². The number of aryl methyl sites for hydroxylation is 2. The van der Waals surface area contributed by atoms with Crippen LogP contribution in [0.4, 0.5) is 0 Å². The average Bonchev–Trinajstić information content (AvgIpc) is 3.53. The number of benzene rings is 6. The highest BCUT2D eigenvalue weighted by atomic mass is 15.0. The van der Waals surface area contributed by atoms with Crippen molar-refractivity contribution in [1.82, 2.24) is 9.13 Å². The van der Waals surface area contributed by atoms with Crippen LogP contribution in [0.15, 0.2) is 109 Å². The van der Waals surface area contributed by atoms with E-state index in [1.54, 1.807) is 0 Å². The first-order valence-corrected chi connectivity index (χ1v) is 15.9. The molecule has 0 N–H and O–H groups in total. The van der Waals surface area contributed by atoms with Gasteiger partial charge in [-0.2, -0.15) is 0 Å². The van der Waals surface area contributed by atoms with E-state index in [4.69, 9.17) is 0 Å². The Balaban J connectivity index is 1.57. The molecule has 2 heterocycles. The molecule has 0 radical (unpaired) electrons. The third kappa shape index (κ3) is 3.80. The summed E-state index contributed by atoms with van der Waals surface area (Å²) in [5, 5.41) is 7.74. The maximum Gasteiger partial charge on any atom is 0.0620 e. The molecule has 0 bridgehead atoms. The number of aromatic nitrogens is 2. The summed E-state index contributed by atoms with van der Waals surface area (Å²) < 4.78 is 5.09. The zero-order valence-corrected chi connectivity index (χ0v) is 26.4. The first-order chi connectivity index (χ1) is 21.3. The first kappa shape index (κ1) is 26.8. The van der Waals surface area contributed by atoms with Crippen LogP contribution in [0, 0.1) is 13.8 Å². The fourth-order valence-corrected chi connectivity index (χ4v) is 7.71. The van der Waals surface area contributed by atoms with Crippen LogP contribution in [-0.4, -0.2) is 9.13 Å². The zero-order chi connectivity index (χ0) is 30.3. The number of rotatable bonds is 4. The van der Waals surface area contributed by atoms with E-state index in [-0.39, 0.29) is 0 Å². The second-order valence-electron chi connectivity index (χ2n) is 13.1. The lowest BCUT2D eigenvalue weighted by atomic mass is 9.94. The van der Waals surface area contributed by atoms with E-state index in [9.17, 15) is 0 Å². The number of hydrogen-bond donors (Lipinski definition) is 0. The predicted molar refractivity (Wildman–Crippen MR) is 191 cm³/mol.